The Kier molecular flexibility index (Phi) is 2.25. The Hall–Kier alpha value is -1.35. The van der Waals surface area contributed by atoms with Gasteiger partial charge >= 0.3 is 0 Å². The molecule has 0 radical (unpaired) electrons. The van der Waals surface area contributed by atoms with E-state index in [-0.39, 0.29) is 5.75 Å². The lowest BCUT2D eigenvalue weighted by Gasteiger charge is -2.03. The molecule has 2 aromatic carbocycles. The summed E-state index contributed by atoms with van der Waals surface area (Å²) in [7, 11) is 0. The molecule has 0 aliphatic carbocycles. The number of phenolic OH excluding ortho intramolecular Hbond substituents is 1. The van der Waals surface area contributed by atoms with Crippen LogP contribution in [0, 0.1) is 0 Å². The van der Waals surface area contributed by atoms with Crippen molar-refractivity contribution in [2.24, 2.45) is 0 Å². The maximum Gasteiger partial charge on any atom is 0.150 e. The molecule has 14 heavy (non-hydrogen) atoms. The van der Waals surface area contributed by atoms with Crippen molar-refractivity contribution >= 4 is 33.0 Å². The summed E-state index contributed by atoms with van der Waals surface area (Å²) < 4.78 is 0.660. The molecule has 0 fully saturated rings. The second-order valence-corrected chi connectivity index (χ2v) is 3.79. The monoisotopic (exact) mass is 250 g/mol. The van der Waals surface area contributed by atoms with Crippen LogP contribution in [0.5, 0.6) is 5.75 Å². The Morgan fingerprint density at radius 1 is 1.21 bits per heavy atom. The standard InChI is InChI=1S/C11H7BrO2/c12-11-9-3-1-7(6-13)5-8(9)2-4-10(11)14/h1-6,14H. The highest BCUT2D eigenvalue weighted by atomic mass is 79.9. The van der Waals surface area contributed by atoms with Crippen molar-refractivity contribution < 1.29 is 9.90 Å². The van der Waals surface area contributed by atoms with Gasteiger partial charge in [-0.25, -0.2) is 0 Å². The van der Waals surface area contributed by atoms with E-state index in [9.17, 15) is 9.90 Å². The van der Waals surface area contributed by atoms with E-state index in [2.05, 4.69) is 15.9 Å². The minimum absolute atomic E-state index is 0.205. The third-order valence-electron chi connectivity index (χ3n) is 2.09. The number of phenols is 1. The van der Waals surface area contributed by atoms with Gasteiger partial charge in [0, 0.05) is 5.56 Å². The summed E-state index contributed by atoms with van der Waals surface area (Å²) in [5.74, 6) is 0.205. The first kappa shape index (κ1) is 9.21. The predicted octanol–water partition coefficient (Wildman–Crippen LogP) is 3.12. The van der Waals surface area contributed by atoms with E-state index in [4.69, 9.17) is 0 Å². The van der Waals surface area contributed by atoms with Crippen molar-refractivity contribution in [3.05, 3.63) is 40.4 Å². The molecule has 1 N–H and O–H groups in total. The average molecular weight is 251 g/mol. The van der Waals surface area contributed by atoms with E-state index < -0.39 is 0 Å². The largest absolute Gasteiger partial charge is 0.507 e. The number of carbonyl (C=O) groups excluding carboxylic acids is 1. The van der Waals surface area contributed by atoms with Gasteiger partial charge in [-0.05, 0) is 38.8 Å². The topological polar surface area (TPSA) is 37.3 Å². The van der Waals surface area contributed by atoms with Gasteiger partial charge in [0.15, 0.2) is 0 Å². The number of hydrogen-bond donors (Lipinski definition) is 1. The molecule has 2 rings (SSSR count). The zero-order valence-electron chi connectivity index (χ0n) is 7.20. The molecule has 0 saturated carbocycles. The molecule has 0 amide bonds. The van der Waals surface area contributed by atoms with E-state index in [1.54, 1.807) is 24.3 Å². The van der Waals surface area contributed by atoms with Crippen molar-refractivity contribution in [2.45, 2.75) is 0 Å². The van der Waals surface area contributed by atoms with Crippen molar-refractivity contribution in [2.75, 3.05) is 0 Å². The number of halogens is 1. The summed E-state index contributed by atoms with van der Waals surface area (Å²) in [5.41, 5.74) is 0.634. The van der Waals surface area contributed by atoms with Crippen LogP contribution in [0.4, 0.5) is 0 Å². The highest BCUT2D eigenvalue weighted by molar-refractivity contribution is 9.10. The molecule has 0 aliphatic rings. The van der Waals surface area contributed by atoms with Crippen molar-refractivity contribution in [3.8, 4) is 5.75 Å². The van der Waals surface area contributed by atoms with Gasteiger partial charge < -0.3 is 5.11 Å². The molecule has 0 saturated heterocycles. The van der Waals surface area contributed by atoms with Gasteiger partial charge in [-0.3, -0.25) is 4.79 Å². The van der Waals surface area contributed by atoms with Crippen LogP contribution >= 0.6 is 15.9 Å². The SMILES string of the molecule is O=Cc1ccc2c(Br)c(O)ccc2c1. The number of benzene rings is 2. The minimum atomic E-state index is 0.205. The van der Waals surface area contributed by atoms with Crippen LogP contribution in [0.15, 0.2) is 34.8 Å². The number of fused-ring (bicyclic) bond motifs is 1. The van der Waals surface area contributed by atoms with Gasteiger partial charge in [0.1, 0.15) is 12.0 Å². The predicted molar refractivity (Wildman–Crippen MR) is 58.7 cm³/mol. The van der Waals surface area contributed by atoms with E-state index in [1.165, 1.54) is 0 Å². The molecule has 0 atom stereocenters. The zero-order chi connectivity index (χ0) is 10.1. The second kappa shape index (κ2) is 3.42. The van der Waals surface area contributed by atoms with Crippen LogP contribution in [-0.2, 0) is 0 Å². The number of hydrogen-bond acceptors (Lipinski definition) is 2. The van der Waals surface area contributed by atoms with E-state index in [1.807, 2.05) is 6.07 Å². The van der Waals surface area contributed by atoms with Crippen LogP contribution in [0.1, 0.15) is 10.4 Å². The minimum Gasteiger partial charge on any atom is -0.507 e. The number of aromatic hydroxyl groups is 1. The van der Waals surface area contributed by atoms with Gasteiger partial charge in [0.2, 0.25) is 0 Å². The molecule has 0 bridgehead atoms. The summed E-state index contributed by atoms with van der Waals surface area (Å²) >= 11 is 3.29. The van der Waals surface area contributed by atoms with Crippen LogP contribution in [0.25, 0.3) is 10.8 Å². The maximum atomic E-state index is 10.5. The first-order valence-corrected chi connectivity index (χ1v) is 4.88. The van der Waals surface area contributed by atoms with Gasteiger partial charge in [0.05, 0.1) is 4.47 Å². The Labute approximate surface area is 89.3 Å². The van der Waals surface area contributed by atoms with Crippen molar-refractivity contribution in [1.82, 2.24) is 0 Å². The quantitative estimate of drug-likeness (QED) is 0.790. The Morgan fingerprint density at radius 2 is 2.00 bits per heavy atom. The van der Waals surface area contributed by atoms with Gasteiger partial charge in [-0.1, -0.05) is 18.2 Å². The first-order chi connectivity index (χ1) is 6.72. The van der Waals surface area contributed by atoms with Gasteiger partial charge in [-0.2, -0.15) is 0 Å². The number of carbonyl (C=O) groups is 1. The fourth-order valence-electron chi connectivity index (χ4n) is 1.37. The molecular weight excluding hydrogens is 244 g/mol. The summed E-state index contributed by atoms with van der Waals surface area (Å²) in [4.78, 5) is 10.5. The molecule has 0 unspecified atom stereocenters. The maximum absolute atomic E-state index is 10.5. The average Bonchev–Trinajstić information content (AvgIpc) is 2.23. The molecule has 2 nitrogen and oxygen atoms in total. The summed E-state index contributed by atoms with van der Waals surface area (Å²) in [6.45, 7) is 0. The molecule has 2 aromatic rings. The molecule has 70 valence electrons. The second-order valence-electron chi connectivity index (χ2n) is 3.00. The molecule has 3 heteroatoms. The number of aldehydes is 1. The molecule has 0 heterocycles. The lowest BCUT2D eigenvalue weighted by atomic mass is 10.1. The van der Waals surface area contributed by atoms with E-state index in [0.29, 0.717) is 10.0 Å². The third-order valence-corrected chi connectivity index (χ3v) is 2.93. The summed E-state index contributed by atoms with van der Waals surface area (Å²) in [6.07, 6.45) is 0.806. The van der Waals surface area contributed by atoms with Crippen LogP contribution in [0.3, 0.4) is 0 Å². The van der Waals surface area contributed by atoms with Crippen molar-refractivity contribution in [3.63, 3.8) is 0 Å². The number of rotatable bonds is 1. The lowest BCUT2D eigenvalue weighted by Crippen LogP contribution is -1.81. The van der Waals surface area contributed by atoms with Gasteiger partial charge in [0.25, 0.3) is 0 Å². The highest BCUT2D eigenvalue weighted by Crippen LogP contribution is 2.32. The summed E-state index contributed by atoms with van der Waals surface area (Å²) in [6, 6.07) is 8.69. The first-order valence-electron chi connectivity index (χ1n) is 4.09. The van der Waals surface area contributed by atoms with Crippen molar-refractivity contribution in [1.29, 1.82) is 0 Å². The Balaban J connectivity index is 2.81. The highest BCUT2D eigenvalue weighted by Gasteiger charge is 2.03. The smallest absolute Gasteiger partial charge is 0.150 e. The third kappa shape index (κ3) is 1.40. The Morgan fingerprint density at radius 3 is 2.71 bits per heavy atom. The lowest BCUT2D eigenvalue weighted by molar-refractivity contribution is 0.112. The van der Waals surface area contributed by atoms with Crippen LogP contribution < -0.4 is 0 Å². The molecular formula is C11H7BrO2. The fourth-order valence-corrected chi connectivity index (χ4v) is 1.87. The van der Waals surface area contributed by atoms with Crippen LogP contribution in [0.2, 0.25) is 0 Å². The fraction of sp³-hybridized carbons (Fsp3) is 0. The molecule has 0 spiro atoms. The van der Waals surface area contributed by atoms with Crippen LogP contribution in [-0.4, -0.2) is 11.4 Å². The van der Waals surface area contributed by atoms with E-state index >= 15 is 0 Å². The normalized spacial score (nSPS) is 10.4. The zero-order valence-corrected chi connectivity index (χ0v) is 8.78. The molecule has 0 aliphatic heterocycles. The van der Waals surface area contributed by atoms with E-state index in [0.717, 1.165) is 17.1 Å². The molecule has 0 aromatic heterocycles. The summed E-state index contributed by atoms with van der Waals surface area (Å²) in [5, 5.41) is 11.3. The van der Waals surface area contributed by atoms with Gasteiger partial charge in [-0.15, -0.1) is 0 Å². The Bertz CT molecular complexity index is 506.